The molecule has 0 spiro atoms. The lowest BCUT2D eigenvalue weighted by Gasteiger charge is -2.23. The standard InChI is InChI=1S/C17H15F4NO/c18-12-3-5-13(6-4-12)23-14-7-8-16(22-9-1-2-10-22)15(11-14)17(19,20)21/h3-8,11H,1-2,9-10H2. The molecule has 0 amide bonds. The Morgan fingerprint density at radius 1 is 0.870 bits per heavy atom. The molecule has 0 aliphatic carbocycles. The molecule has 3 rings (SSSR count). The average molecular weight is 325 g/mol. The Morgan fingerprint density at radius 2 is 1.48 bits per heavy atom. The van der Waals surface area contributed by atoms with Gasteiger partial charge in [-0.15, -0.1) is 0 Å². The van der Waals surface area contributed by atoms with Crippen LogP contribution in [0.3, 0.4) is 0 Å². The molecule has 2 aromatic carbocycles. The molecule has 0 aromatic heterocycles. The summed E-state index contributed by atoms with van der Waals surface area (Å²) in [5.74, 6) is -0.0713. The molecule has 1 aliphatic rings. The second-order valence-electron chi connectivity index (χ2n) is 5.43. The van der Waals surface area contributed by atoms with Gasteiger partial charge in [-0.3, -0.25) is 0 Å². The number of alkyl halides is 3. The van der Waals surface area contributed by atoms with Crippen LogP contribution in [-0.4, -0.2) is 13.1 Å². The highest BCUT2D eigenvalue weighted by molar-refractivity contribution is 5.58. The first-order valence-electron chi connectivity index (χ1n) is 7.33. The molecule has 0 atom stereocenters. The number of ether oxygens (including phenoxy) is 1. The normalized spacial score (nSPS) is 15.0. The van der Waals surface area contributed by atoms with Crippen molar-refractivity contribution < 1.29 is 22.3 Å². The van der Waals surface area contributed by atoms with E-state index in [2.05, 4.69) is 0 Å². The van der Waals surface area contributed by atoms with E-state index in [1.807, 2.05) is 0 Å². The largest absolute Gasteiger partial charge is 0.457 e. The van der Waals surface area contributed by atoms with Gasteiger partial charge in [0.2, 0.25) is 0 Å². The van der Waals surface area contributed by atoms with Crippen LogP contribution in [0.2, 0.25) is 0 Å². The lowest BCUT2D eigenvalue weighted by Crippen LogP contribution is -2.22. The van der Waals surface area contributed by atoms with E-state index in [-0.39, 0.29) is 17.2 Å². The first kappa shape index (κ1) is 15.6. The van der Waals surface area contributed by atoms with Crippen LogP contribution in [-0.2, 0) is 6.18 Å². The van der Waals surface area contributed by atoms with Crippen molar-refractivity contribution in [1.82, 2.24) is 0 Å². The quantitative estimate of drug-likeness (QED) is 0.716. The van der Waals surface area contributed by atoms with Gasteiger partial charge in [-0.25, -0.2) is 4.39 Å². The highest BCUT2D eigenvalue weighted by Gasteiger charge is 2.36. The zero-order valence-electron chi connectivity index (χ0n) is 12.2. The van der Waals surface area contributed by atoms with E-state index in [1.54, 1.807) is 4.90 Å². The van der Waals surface area contributed by atoms with Gasteiger partial charge in [0.1, 0.15) is 17.3 Å². The second-order valence-corrected chi connectivity index (χ2v) is 5.43. The Balaban J connectivity index is 1.91. The number of halogens is 4. The molecule has 2 aromatic rings. The highest BCUT2D eigenvalue weighted by Crippen LogP contribution is 2.40. The molecule has 6 heteroatoms. The fourth-order valence-corrected chi connectivity index (χ4v) is 2.68. The highest BCUT2D eigenvalue weighted by atomic mass is 19.4. The van der Waals surface area contributed by atoms with E-state index in [0.717, 1.165) is 18.9 Å². The van der Waals surface area contributed by atoms with E-state index < -0.39 is 17.6 Å². The number of hydrogen-bond acceptors (Lipinski definition) is 2. The number of benzene rings is 2. The second kappa shape index (κ2) is 6.10. The third-order valence-corrected chi connectivity index (χ3v) is 3.77. The summed E-state index contributed by atoms with van der Waals surface area (Å²) in [4.78, 5) is 1.74. The van der Waals surface area contributed by atoms with E-state index in [1.165, 1.54) is 36.4 Å². The molecule has 1 saturated heterocycles. The fourth-order valence-electron chi connectivity index (χ4n) is 2.68. The molecule has 1 heterocycles. The van der Waals surface area contributed by atoms with Gasteiger partial charge < -0.3 is 9.64 Å². The van der Waals surface area contributed by atoms with Gasteiger partial charge in [0.15, 0.2) is 0 Å². The molecular weight excluding hydrogens is 310 g/mol. The molecule has 122 valence electrons. The third kappa shape index (κ3) is 3.57. The summed E-state index contributed by atoms with van der Waals surface area (Å²) in [6.45, 7) is 1.25. The molecule has 0 unspecified atom stereocenters. The summed E-state index contributed by atoms with van der Waals surface area (Å²) in [5.41, 5.74) is -0.527. The summed E-state index contributed by atoms with van der Waals surface area (Å²) < 4.78 is 58.3. The molecule has 1 fully saturated rings. The first-order valence-corrected chi connectivity index (χ1v) is 7.33. The number of nitrogens with zero attached hydrogens (tertiary/aromatic N) is 1. The zero-order chi connectivity index (χ0) is 16.4. The topological polar surface area (TPSA) is 12.5 Å². The van der Waals surface area contributed by atoms with Crippen LogP contribution < -0.4 is 9.64 Å². The van der Waals surface area contributed by atoms with Crippen LogP contribution in [0.4, 0.5) is 23.2 Å². The van der Waals surface area contributed by atoms with Crippen molar-refractivity contribution in [1.29, 1.82) is 0 Å². The summed E-state index contributed by atoms with van der Waals surface area (Å²) in [6, 6.07) is 9.07. The molecule has 2 nitrogen and oxygen atoms in total. The fraction of sp³-hybridized carbons (Fsp3) is 0.294. The minimum Gasteiger partial charge on any atom is -0.457 e. The Labute approximate surface area is 131 Å². The molecule has 23 heavy (non-hydrogen) atoms. The van der Waals surface area contributed by atoms with E-state index in [4.69, 9.17) is 4.74 Å². The Kier molecular flexibility index (Phi) is 4.15. The van der Waals surface area contributed by atoms with Crippen LogP contribution >= 0.6 is 0 Å². The third-order valence-electron chi connectivity index (χ3n) is 3.77. The summed E-state index contributed by atoms with van der Waals surface area (Å²) in [6.07, 6.45) is -2.67. The minimum atomic E-state index is -4.46. The van der Waals surface area contributed by atoms with Crippen molar-refractivity contribution in [3.63, 3.8) is 0 Å². The maximum Gasteiger partial charge on any atom is 0.418 e. The molecule has 0 N–H and O–H groups in total. The Morgan fingerprint density at radius 3 is 2.09 bits per heavy atom. The SMILES string of the molecule is Fc1ccc(Oc2ccc(N3CCCC3)c(C(F)(F)F)c2)cc1. The van der Waals surface area contributed by atoms with Gasteiger partial charge in [-0.1, -0.05) is 0 Å². The number of rotatable bonds is 3. The van der Waals surface area contributed by atoms with Crippen LogP contribution in [0, 0.1) is 5.82 Å². The van der Waals surface area contributed by atoms with Crippen LogP contribution in [0.25, 0.3) is 0 Å². The van der Waals surface area contributed by atoms with Gasteiger partial charge in [0.05, 0.1) is 5.56 Å². The van der Waals surface area contributed by atoms with Crippen molar-refractivity contribution in [2.75, 3.05) is 18.0 Å². The van der Waals surface area contributed by atoms with Crippen molar-refractivity contribution in [2.24, 2.45) is 0 Å². The summed E-state index contributed by atoms with van der Waals surface area (Å²) in [5, 5.41) is 0. The van der Waals surface area contributed by atoms with E-state index in [9.17, 15) is 17.6 Å². The van der Waals surface area contributed by atoms with Crippen molar-refractivity contribution in [2.45, 2.75) is 19.0 Å². The Hall–Kier alpha value is -2.24. The molecule has 1 aliphatic heterocycles. The predicted octanol–water partition coefficient (Wildman–Crippen LogP) is 5.24. The smallest absolute Gasteiger partial charge is 0.418 e. The lowest BCUT2D eigenvalue weighted by atomic mass is 10.1. The first-order chi connectivity index (χ1) is 10.9. The minimum absolute atomic E-state index is 0.0758. The van der Waals surface area contributed by atoms with Gasteiger partial charge >= 0.3 is 6.18 Å². The van der Waals surface area contributed by atoms with Crippen LogP contribution in [0.5, 0.6) is 11.5 Å². The van der Waals surface area contributed by atoms with Crippen LogP contribution in [0.1, 0.15) is 18.4 Å². The predicted molar refractivity (Wildman–Crippen MR) is 79.4 cm³/mol. The van der Waals surface area contributed by atoms with Crippen LogP contribution in [0.15, 0.2) is 42.5 Å². The Bertz CT molecular complexity index is 676. The van der Waals surface area contributed by atoms with Gasteiger partial charge in [-0.2, -0.15) is 13.2 Å². The van der Waals surface area contributed by atoms with E-state index in [0.29, 0.717) is 13.1 Å². The van der Waals surface area contributed by atoms with E-state index >= 15 is 0 Å². The summed E-state index contributed by atoms with van der Waals surface area (Å²) >= 11 is 0. The molecule has 0 radical (unpaired) electrons. The lowest BCUT2D eigenvalue weighted by molar-refractivity contribution is -0.137. The maximum absolute atomic E-state index is 13.3. The molecule has 0 saturated carbocycles. The summed E-state index contributed by atoms with van der Waals surface area (Å²) in [7, 11) is 0. The molecule has 0 bridgehead atoms. The van der Waals surface area contributed by atoms with Gasteiger partial charge in [0, 0.05) is 18.8 Å². The van der Waals surface area contributed by atoms with Gasteiger partial charge in [0.25, 0.3) is 0 Å². The maximum atomic E-state index is 13.3. The van der Waals surface area contributed by atoms with Crippen molar-refractivity contribution in [3.8, 4) is 11.5 Å². The number of hydrogen-bond donors (Lipinski definition) is 0. The molecular formula is C17H15F4NO. The number of anilines is 1. The van der Waals surface area contributed by atoms with Gasteiger partial charge in [-0.05, 0) is 55.3 Å². The monoisotopic (exact) mass is 325 g/mol. The van der Waals surface area contributed by atoms with Crippen molar-refractivity contribution >= 4 is 5.69 Å². The van der Waals surface area contributed by atoms with Crippen molar-refractivity contribution in [3.05, 3.63) is 53.8 Å². The zero-order valence-corrected chi connectivity index (χ0v) is 12.2. The average Bonchev–Trinajstić information content (AvgIpc) is 3.03.